The van der Waals surface area contributed by atoms with Gasteiger partial charge in [0.15, 0.2) is 11.6 Å². The highest BCUT2D eigenvalue weighted by atomic mass is 19.2. The summed E-state index contributed by atoms with van der Waals surface area (Å²) in [5, 5.41) is 0. The molecule has 0 spiro atoms. The lowest BCUT2D eigenvalue weighted by Crippen LogP contribution is -2.08. The minimum atomic E-state index is -0.736. The summed E-state index contributed by atoms with van der Waals surface area (Å²) in [5.41, 5.74) is 7.23. The van der Waals surface area contributed by atoms with E-state index in [9.17, 15) is 17.6 Å². The Morgan fingerprint density at radius 1 is 0.255 bits per heavy atom. The minimum absolute atomic E-state index is 0. The molecule has 0 radical (unpaired) electrons. The van der Waals surface area contributed by atoms with Crippen molar-refractivity contribution in [1.29, 1.82) is 0 Å². The van der Waals surface area contributed by atoms with Gasteiger partial charge in [0.05, 0.1) is 0 Å². The molecule has 0 aromatic heterocycles. The number of halogens is 4. The summed E-state index contributed by atoms with van der Waals surface area (Å²) >= 11 is 0. The molecule has 4 atom stereocenters. The van der Waals surface area contributed by atoms with Crippen molar-refractivity contribution >= 4 is 0 Å². The van der Waals surface area contributed by atoms with Crippen molar-refractivity contribution in [1.82, 2.24) is 0 Å². The normalized spacial score (nSPS) is 28.1. The first kappa shape index (κ1) is 92.7. The molecule has 3 aromatic rings. The van der Waals surface area contributed by atoms with Crippen LogP contribution in [0.3, 0.4) is 0 Å². The van der Waals surface area contributed by atoms with Crippen LogP contribution in [0.2, 0.25) is 0 Å². The van der Waals surface area contributed by atoms with Crippen LogP contribution < -0.4 is 0 Å². The molecular weight excluding hydrogens is 1160 g/mol. The van der Waals surface area contributed by atoms with E-state index < -0.39 is 11.6 Å². The van der Waals surface area contributed by atoms with E-state index in [1.165, 1.54) is 206 Å². The molecule has 0 nitrogen and oxygen atoms in total. The smallest absolute Gasteiger partial charge is 0.161 e. The molecule has 3 aromatic carbocycles. The van der Waals surface area contributed by atoms with Crippen molar-refractivity contribution in [3.05, 3.63) is 141 Å². The van der Waals surface area contributed by atoms with Crippen molar-refractivity contribution < 1.29 is 17.6 Å². The lowest BCUT2D eigenvalue weighted by atomic mass is 9.84. The lowest BCUT2D eigenvalue weighted by Gasteiger charge is -2.22. The average molecular weight is 1310 g/mol. The SMILES string of the molecule is C.C.CC1=CCC(C)CC1.CC1=CCC(C)CC1.CC1C=CC(C)CC1.CC1CCC(C)CC1.CC1CCC(C)CC1.CC1CCC(C)CC1.CC1CCC(C)CC1.CC1CCC(C)CC1.Cc1ccc(C)c(F)c1.Cc1ccc(C)c(F)c1.Cc1ccc(C)c(F)c1F. The van der Waals surface area contributed by atoms with E-state index in [-0.39, 0.29) is 26.5 Å². The first-order valence-corrected chi connectivity index (χ1v) is 38.2. The number of rotatable bonds is 0. The summed E-state index contributed by atoms with van der Waals surface area (Å²) in [6.07, 6.45) is 49.7. The van der Waals surface area contributed by atoms with Crippen molar-refractivity contribution in [2.24, 2.45) is 82.9 Å². The highest BCUT2D eigenvalue weighted by molar-refractivity contribution is 5.24. The molecule has 0 N–H and O–H groups in total. The van der Waals surface area contributed by atoms with Crippen LogP contribution in [-0.4, -0.2) is 0 Å². The Hall–Kier alpha value is -3.40. The molecule has 0 saturated heterocycles. The lowest BCUT2D eigenvalue weighted by molar-refractivity contribution is 0.308. The first-order chi connectivity index (χ1) is 43.3. The van der Waals surface area contributed by atoms with Gasteiger partial charge in [-0.05, 0) is 235 Å². The van der Waals surface area contributed by atoms with Crippen LogP contribution in [-0.2, 0) is 0 Å². The zero-order valence-electron chi connectivity index (χ0n) is 64.3. The van der Waals surface area contributed by atoms with E-state index in [2.05, 4.69) is 135 Å². The Kier molecular flexibility index (Phi) is 52.8. The van der Waals surface area contributed by atoms with Crippen molar-refractivity contribution in [2.45, 2.75) is 347 Å². The topological polar surface area (TPSA) is 0 Å². The fourth-order valence-electron chi connectivity index (χ4n) is 12.6. The summed E-state index contributed by atoms with van der Waals surface area (Å²) < 4.78 is 50.4. The van der Waals surface area contributed by atoms with E-state index in [0.29, 0.717) is 22.3 Å². The fraction of sp³-hybridized carbons (Fsp3) is 0.733. The van der Waals surface area contributed by atoms with Crippen LogP contribution in [0.15, 0.2) is 84.0 Å². The van der Waals surface area contributed by atoms with Crippen LogP contribution in [0.1, 0.15) is 339 Å². The molecule has 0 amide bonds. The van der Waals surface area contributed by atoms with Crippen molar-refractivity contribution in [3.63, 3.8) is 0 Å². The average Bonchev–Trinajstić information content (AvgIpc) is 1.53. The van der Waals surface area contributed by atoms with Crippen LogP contribution in [0, 0.1) is 148 Å². The monoisotopic (exact) mass is 1310 g/mol. The van der Waals surface area contributed by atoms with Gasteiger partial charge in [-0.15, -0.1) is 0 Å². The maximum absolute atomic E-state index is 12.6. The first-order valence-electron chi connectivity index (χ1n) is 38.2. The van der Waals surface area contributed by atoms with E-state index in [1.54, 1.807) is 49.3 Å². The summed E-state index contributed by atoms with van der Waals surface area (Å²) in [4.78, 5) is 0. The van der Waals surface area contributed by atoms with E-state index >= 15 is 0 Å². The highest BCUT2D eigenvalue weighted by Crippen LogP contribution is 2.31. The molecule has 8 aliphatic rings. The molecular formula is C90H156F4. The molecule has 94 heavy (non-hydrogen) atoms. The highest BCUT2D eigenvalue weighted by Gasteiger charge is 2.17. The summed E-state index contributed by atoms with van der Waals surface area (Å²) in [6, 6.07) is 13.6. The van der Waals surface area contributed by atoms with Gasteiger partial charge in [-0.25, -0.2) is 17.6 Å². The van der Waals surface area contributed by atoms with Crippen molar-refractivity contribution in [2.75, 3.05) is 0 Å². The van der Waals surface area contributed by atoms with Gasteiger partial charge in [-0.2, -0.15) is 0 Å². The Bertz CT molecular complexity index is 2120. The Labute approximate surface area is 584 Å². The second-order valence-corrected chi connectivity index (χ2v) is 32.4. The van der Waals surface area contributed by atoms with Gasteiger partial charge in [0.2, 0.25) is 0 Å². The van der Waals surface area contributed by atoms with E-state index in [4.69, 9.17) is 0 Å². The Morgan fingerprint density at radius 3 is 0.606 bits per heavy atom. The molecule has 8 aliphatic carbocycles. The molecule has 0 aliphatic heterocycles. The predicted octanol–water partition coefficient (Wildman–Crippen LogP) is 31.0. The second kappa shape index (κ2) is 53.6. The van der Waals surface area contributed by atoms with Gasteiger partial charge in [-0.3, -0.25) is 0 Å². The maximum Gasteiger partial charge on any atom is 0.161 e. The molecule has 5 saturated carbocycles. The van der Waals surface area contributed by atoms with Gasteiger partial charge in [0.1, 0.15) is 11.6 Å². The second-order valence-electron chi connectivity index (χ2n) is 32.4. The molecule has 0 heterocycles. The van der Waals surface area contributed by atoms with Crippen LogP contribution >= 0.6 is 0 Å². The molecule has 11 rings (SSSR count). The molecule has 0 bridgehead atoms. The molecule has 4 heteroatoms. The van der Waals surface area contributed by atoms with Crippen molar-refractivity contribution in [3.8, 4) is 0 Å². The standard InChI is InChI=1S/C8H8F2.2C8H9F.5C8H16.3C8H14.2CH4/c1-5-3-4-6(2)8(10)7(5)9;2*1-6-3-4-7(2)8(9)5-6;8*1-7-3-5-8(2)6-4-7;;/h3-4H,1-2H3;2*3-5H,1-2H3;5*7-8H,3-6H2,1-2H3;2*3,8H,4-6H2,1-2H3;3,5,7-8H,4,6H2,1-2H3;2*1H4. The van der Waals surface area contributed by atoms with Gasteiger partial charge in [0, 0.05) is 0 Å². The third-order valence-electron chi connectivity index (χ3n) is 21.3. The number of aryl methyl sites for hydroxylation is 6. The van der Waals surface area contributed by atoms with Crippen LogP contribution in [0.4, 0.5) is 17.6 Å². The van der Waals surface area contributed by atoms with Gasteiger partial charge in [-0.1, -0.05) is 312 Å². The molecule has 4 unspecified atom stereocenters. The third-order valence-corrected chi connectivity index (χ3v) is 21.3. The predicted molar refractivity (Wildman–Crippen MR) is 415 cm³/mol. The van der Waals surface area contributed by atoms with Crippen LogP contribution in [0.5, 0.6) is 0 Å². The number of benzene rings is 3. The maximum atomic E-state index is 12.6. The van der Waals surface area contributed by atoms with Gasteiger partial charge < -0.3 is 0 Å². The molecule has 5 fully saturated rings. The minimum Gasteiger partial charge on any atom is -0.207 e. The summed E-state index contributed by atoms with van der Waals surface area (Å²) in [6.45, 7) is 47.7. The van der Waals surface area contributed by atoms with Gasteiger partial charge in [0.25, 0.3) is 0 Å². The Morgan fingerprint density at radius 2 is 0.457 bits per heavy atom. The quantitative estimate of drug-likeness (QED) is 0.155. The molecule has 544 valence electrons. The van der Waals surface area contributed by atoms with Crippen LogP contribution in [0.25, 0.3) is 0 Å². The third kappa shape index (κ3) is 47.5. The Balaban J connectivity index is 0. The van der Waals surface area contributed by atoms with E-state index in [1.807, 2.05) is 26.0 Å². The van der Waals surface area contributed by atoms with E-state index in [0.717, 1.165) is 94.0 Å². The fourth-order valence-corrected chi connectivity index (χ4v) is 12.6. The largest absolute Gasteiger partial charge is 0.207 e. The van der Waals surface area contributed by atoms with Gasteiger partial charge >= 0.3 is 0 Å². The number of allylic oxidation sites excluding steroid dienone is 6. The summed E-state index contributed by atoms with van der Waals surface area (Å²) in [5.74, 6) is 12.1. The number of hydrogen-bond donors (Lipinski definition) is 0. The summed E-state index contributed by atoms with van der Waals surface area (Å²) in [7, 11) is 0. The zero-order chi connectivity index (χ0) is 69.3. The number of hydrogen-bond acceptors (Lipinski definition) is 0. The zero-order valence-corrected chi connectivity index (χ0v) is 64.3.